The summed E-state index contributed by atoms with van der Waals surface area (Å²) in [4.78, 5) is 33.1. The van der Waals surface area contributed by atoms with Crippen molar-refractivity contribution in [3.05, 3.63) is 179 Å². The maximum absolute atomic E-state index is 14.1. The first-order valence-corrected chi connectivity index (χ1v) is 19.9. The maximum Gasteiger partial charge on any atom is 0.308 e. The Morgan fingerprint density at radius 2 is 0.750 bits per heavy atom. The molecule has 0 amide bonds. The van der Waals surface area contributed by atoms with Gasteiger partial charge in [-0.25, -0.2) is 0 Å². The Bertz CT molecular complexity index is 1810. The van der Waals surface area contributed by atoms with Crippen LogP contribution in [0.1, 0.15) is 126 Å². The van der Waals surface area contributed by atoms with E-state index in [1.807, 2.05) is 77.9 Å². The summed E-state index contributed by atoms with van der Waals surface area (Å²) in [5.74, 6) is -0.559. The van der Waals surface area contributed by atoms with Gasteiger partial charge in [-0.15, -0.1) is 0 Å². The average Bonchev–Trinajstić information content (AvgIpc) is 3.17. The Labute approximate surface area is 335 Å². The number of ether oxygens (including phenoxy) is 2. The summed E-state index contributed by atoms with van der Waals surface area (Å²) in [7, 11) is 0. The Kier molecular flexibility index (Phi) is 14.4. The first kappa shape index (κ1) is 42.1. The van der Waals surface area contributed by atoms with Crippen LogP contribution in [0, 0.1) is 0 Å². The van der Waals surface area contributed by atoms with Crippen LogP contribution in [-0.2, 0) is 32.2 Å². The first-order valence-electron chi connectivity index (χ1n) is 19.9. The summed E-state index contributed by atoms with van der Waals surface area (Å²) in [5, 5.41) is 0. The summed E-state index contributed by atoms with van der Waals surface area (Å²) < 4.78 is 12.1. The average molecular weight is 753 g/mol. The van der Waals surface area contributed by atoms with Crippen LogP contribution in [0.3, 0.4) is 0 Å². The molecule has 6 nitrogen and oxygen atoms in total. The van der Waals surface area contributed by atoms with Gasteiger partial charge in [0, 0.05) is 37.3 Å². The van der Waals surface area contributed by atoms with E-state index in [0.717, 1.165) is 33.4 Å². The number of nitrogens with zero attached hydrogens (tertiary/aromatic N) is 2. The molecule has 0 spiro atoms. The van der Waals surface area contributed by atoms with Crippen LogP contribution in [0.15, 0.2) is 146 Å². The minimum atomic E-state index is -0.659. The van der Waals surface area contributed by atoms with E-state index in [1.165, 1.54) is 0 Å². The van der Waals surface area contributed by atoms with Gasteiger partial charge >= 0.3 is 11.9 Å². The van der Waals surface area contributed by atoms with Gasteiger partial charge in [0.15, 0.2) is 0 Å². The maximum atomic E-state index is 14.1. The molecule has 0 aromatic heterocycles. The number of rotatable bonds is 16. The van der Waals surface area contributed by atoms with Crippen molar-refractivity contribution in [2.75, 3.05) is 0 Å². The molecule has 0 heterocycles. The van der Waals surface area contributed by atoms with E-state index in [0.29, 0.717) is 13.1 Å². The highest BCUT2D eigenvalue weighted by Crippen LogP contribution is 2.42. The Morgan fingerprint density at radius 1 is 0.464 bits per heavy atom. The van der Waals surface area contributed by atoms with Crippen LogP contribution in [-0.4, -0.2) is 32.9 Å². The van der Waals surface area contributed by atoms with Crippen molar-refractivity contribution < 1.29 is 19.1 Å². The van der Waals surface area contributed by atoms with Crippen LogP contribution in [0.2, 0.25) is 0 Å². The highest BCUT2D eigenvalue weighted by Gasteiger charge is 2.36. The minimum absolute atomic E-state index is 0.0788. The largest absolute Gasteiger partial charge is 0.460 e. The molecule has 294 valence electrons. The predicted molar refractivity (Wildman–Crippen MR) is 227 cm³/mol. The third kappa shape index (κ3) is 12.2. The fraction of sp³-hybridized carbons (Fsp3) is 0.360. The zero-order chi connectivity index (χ0) is 40.3. The molecule has 0 aliphatic carbocycles. The second-order valence-corrected chi connectivity index (χ2v) is 16.7. The van der Waals surface area contributed by atoms with Crippen molar-refractivity contribution in [1.82, 2.24) is 9.80 Å². The number of hydrogen-bond donors (Lipinski definition) is 0. The monoisotopic (exact) mass is 752 g/mol. The van der Waals surface area contributed by atoms with Crippen molar-refractivity contribution >= 4 is 11.9 Å². The number of carbonyl (C=O) groups is 2. The smallest absolute Gasteiger partial charge is 0.308 e. The van der Waals surface area contributed by atoms with Gasteiger partial charge in [-0.3, -0.25) is 19.4 Å². The Morgan fingerprint density at radius 3 is 1.05 bits per heavy atom. The van der Waals surface area contributed by atoms with Crippen LogP contribution in [0.5, 0.6) is 0 Å². The van der Waals surface area contributed by atoms with Crippen LogP contribution in [0.4, 0.5) is 0 Å². The van der Waals surface area contributed by atoms with Crippen molar-refractivity contribution in [2.45, 2.75) is 117 Å². The first-order chi connectivity index (χ1) is 26.7. The summed E-state index contributed by atoms with van der Waals surface area (Å²) >= 11 is 0. The molecule has 5 aromatic rings. The number of carbonyl (C=O) groups excluding carboxylic acids is 2. The normalized spacial score (nSPS) is 14.2. The van der Waals surface area contributed by atoms with Crippen LogP contribution >= 0.6 is 0 Å². The molecule has 0 unspecified atom stereocenters. The Hall–Kier alpha value is -5.04. The lowest BCUT2D eigenvalue weighted by atomic mass is 9.87. The van der Waals surface area contributed by atoms with E-state index < -0.39 is 23.3 Å². The van der Waals surface area contributed by atoms with E-state index >= 15 is 0 Å². The quantitative estimate of drug-likeness (QED) is 0.0936. The molecule has 0 saturated carbocycles. The molecule has 0 saturated heterocycles. The van der Waals surface area contributed by atoms with Crippen molar-refractivity contribution in [1.29, 1.82) is 0 Å². The lowest BCUT2D eigenvalue weighted by Gasteiger charge is -2.41. The summed E-state index contributed by atoms with van der Waals surface area (Å²) in [6.07, 6.45) is 0.231. The fourth-order valence-corrected chi connectivity index (χ4v) is 7.48. The van der Waals surface area contributed by atoms with Gasteiger partial charge < -0.3 is 9.47 Å². The molecule has 0 fully saturated rings. The highest BCUT2D eigenvalue weighted by molar-refractivity contribution is 5.72. The molecule has 0 N–H and O–H groups in total. The van der Waals surface area contributed by atoms with Gasteiger partial charge in [-0.1, -0.05) is 146 Å². The topological polar surface area (TPSA) is 59.1 Å². The van der Waals surface area contributed by atoms with E-state index in [2.05, 4.69) is 133 Å². The van der Waals surface area contributed by atoms with E-state index in [9.17, 15) is 9.59 Å². The van der Waals surface area contributed by atoms with Crippen LogP contribution < -0.4 is 0 Å². The lowest BCUT2D eigenvalue weighted by molar-refractivity contribution is -0.158. The van der Waals surface area contributed by atoms with E-state index in [1.54, 1.807) is 0 Å². The fourth-order valence-electron chi connectivity index (χ4n) is 7.48. The van der Waals surface area contributed by atoms with Gasteiger partial charge in [-0.05, 0) is 88.8 Å². The molecule has 56 heavy (non-hydrogen) atoms. The van der Waals surface area contributed by atoms with Crippen molar-refractivity contribution in [3.63, 3.8) is 0 Å². The molecule has 5 rings (SSSR count). The number of benzene rings is 5. The zero-order valence-electron chi connectivity index (χ0n) is 34.5. The van der Waals surface area contributed by atoms with E-state index in [-0.39, 0.29) is 36.9 Å². The molecule has 6 heteroatoms. The molecular formula is C50H60N2O4. The van der Waals surface area contributed by atoms with Gasteiger partial charge in [0.2, 0.25) is 0 Å². The molecular weight excluding hydrogens is 693 g/mol. The molecule has 0 radical (unpaired) electrons. The molecule has 0 bridgehead atoms. The molecule has 5 aromatic carbocycles. The third-order valence-corrected chi connectivity index (χ3v) is 10.0. The molecule has 0 aliphatic heterocycles. The lowest BCUT2D eigenvalue weighted by Crippen LogP contribution is -2.38. The van der Waals surface area contributed by atoms with Gasteiger partial charge in [0.25, 0.3) is 0 Å². The summed E-state index contributed by atoms with van der Waals surface area (Å²) in [6.45, 7) is 17.0. The van der Waals surface area contributed by atoms with Gasteiger partial charge in [0.05, 0.1) is 12.8 Å². The summed E-state index contributed by atoms with van der Waals surface area (Å²) in [5.41, 5.74) is 5.19. The number of esters is 2. The zero-order valence-corrected chi connectivity index (χ0v) is 34.5. The Balaban J connectivity index is 1.74. The van der Waals surface area contributed by atoms with Gasteiger partial charge in [0.1, 0.15) is 11.2 Å². The standard InChI is InChI=1S/C50H60N2O4/c1-37(41-27-17-11-18-28-41)51(35-39-23-13-9-14-24-39)45(33-47(53)55-49(3,4)5)43-31-21-22-32-44(43)46(34-48(54)56-50(6,7)8)52(36-40-25-15-10-16-26-40)38(2)42-29-19-12-20-30-42/h9-32,37-38,45-46H,33-36H2,1-8H3/t37-,38-,45+,46+/m0/s1. The predicted octanol–water partition coefficient (Wildman–Crippen LogP) is 11.8. The molecule has 0 aliphatic rings. The third-order valence-electron chi connectivity index (χ3n) is 10.0. The molecule has 4 atom stereocenters. The van der Waals surface area contributed by atoms with Crippen molar-refractivity contribution in [2.24, 2.45) is 0 Å². The SMILES string of the molecule is C[C@@H](c1ccccc1)N(Cc1ccccc1)[C@H](CC(=O)OC(C)(C)C)c1ccccc1[C@@H](CC(=O)OC(C)(C)C)N(Cc1ccccc1)[C@@H](C)c1ccccc1. The summed E-state index contributed by atoms with van der Waals surface area (Å²) in [6, 6.07) is 49.1. The van der Waals surface area contributed by atoms with E-state index in [4.69, 9.17) is 9.47 Å². The van der Waals surface area contributed by atoms with Crippen LogP contribution in [0.25, 0.3) is 0 Å². The van der Waals surface area contributed by atoms with Crippen molar-refractivity contribution in [3.8, 4) is 0 Å². The minimum Gasteiger partial charge on any atom is -0.460 e. The number of hydrogen-bond acceptors (Lipinski definition) is 6. The second-order valence-electron chi connectivity index (χ2n) is 16.7. The second kappa shape index (κ2) is 19.2. The highest BCUT2D eigenvalue weighted by atomic mass is 16.6. The van der Waals surface area contributed by atoms with Gasteiger partial charge in [-0.2, -0.15) is 0 Å².